The molecule has 2 atom stereocenters. The maximum atomic E-state index is 10.2. The zero-order valence-corrected chi connectivity index (χ0v) is 15.4. The van der Waals surface area contributed by atoms with Crippen molar-refractivity contribution in [3.8, 4) is 0 Å². The van der Waals surface area contributed by atoms with Crippen LogP contribution >= 0.6 is 8.69 Å². The van der Waals surface area contributed by atoms with Crippen molar-refractivity contribution in [1.82, 2.24) is 0 Å². The molecule has 3 nitrogen and oxygen atoms in total. The van der Waals surface area contributed by atoms with E-state index in [1.165, 1.54) is 56.1 Å². The Morgan fingerprint density at radius 1 is 0.957 bits per heavy atom. The van der Waals surface area contributed by atoms with Crippen LogP contribution in [0.1, 0.15) is 69.4 Å². The summed E-state index contributed by atoms with van der Waals surface area (Å²) in [6.07, 6.45) is 11.3. The Bertz CT molecular complexity index is 406. The molecule has 1 N–H and O–H groups in total. The van der Waals surface area contributed by atoms with E-state index in [-0.39, 0.29) is 6.61 Å². The van der Waals surface area contributed by atoms with Gasteiger partial charge in [0.1, 0.15) is 6.61 Å². The van der Waals surface area contributed by atoms with Gasteiger partial charge >= 0.3 is 8.69 Å². The Hall–Kier alpha value is -0.760. The summed E-state index contributed by atoms with van der Waals surface area (Å²) in [5, 5.41) is 9.62. The van der Waals surface area contributed by atoms with Crippen LogP contribution in [-0.2, 0) is 21.9 Å². The number of rotatable bonds is 14. The van der Waals surface area contributed by atoms with Gasteiger partial charge in [0, 0.05) is 0 Å². The Balaban J connectivity index is 2.14. The zero-order chi connectivity index (χ0) is 16.8. The molecule has 0 spiro atoms. The van der Waals surface area contributed by atoms with Gasteiger partial charge in [-0.25, -0.2) is 0 Å². The maximum Gasteiger partial charge on any atom is 0.494 e. The van der Waals surface area contributed by atoms with E-state index in [4.69, 9.17) is 4.52 Å². The van der Waals surface area contributed by atoms with Crippen molar-refractivity contribution in [2.45, 2.75) is 77.2 Å². The van der Waals surface area contributed by atoms with E-state index in [9.17, 15) is 9.67 Å². The molecule has 0 saturated carbocycles. The van der Waals surface area contributed by atoms with Gasteiger partial charge in [-0.3, -0.25) is 0 Å². The number of aryl methyl sites for hydroxylation is 2. The average Bonchev–Trinajstić information content (AvgIpc) is 2.57. The quantitative estimate of drug-likeness (QED) is 0.373. The van der Waals surface area contributed by atoms with Gasteiger partial charge in [0.05, 0.1) is 6.10 Å². The fourth-order valence-electron chi connectivity index (χ4n) is 2.74. The molecule has 0 aliphatic carbocycles. The molecule has 130 valence electrons. The van der Waals surface area contributed by atoms with Crippen LogP contribution in [0, 0.1) is 0 Å². The van der Waals surface area contributed by atoms with Crippen molar-refractivity contribution in [2.75, 3.05) is 6.61 Å². The lowest BCUT2D eigenvalue weighted by molar-refractivity contribution is 0.105. The molecule has 4 heteroatoms. The fourth-order valence-corrected chi connectivity index (χ4v) is 3.00. The minimum Gasteiger partial charge on any atom is -0.391 e. The number of aliphatic hydroxyl groups is 1. The minimum atomic E-state index is -0.784. The highest BCUT2D eigenvalue weighted by molar-refractivity contribution is 7.17. The molecule has 0 radical (unpaired) electrons. The molecule has 0 fully saturated rings. The summed E-state index contributed by atoms with van der Waals surface area (Å²) >= 11 is 0. The SMILES string of the molecule is CCCCCCCCc1ccc(CCCC(O)CO[PH+]=O)cc1. The van der Waals surface area contributed by atoms with E-state index in [0.29, 0.717) is 6.42 Å². The third-order valence-corrected chi connectivity index (χ3v) is 4.46. The summed E-state index contributed by atoms with van der Waals surface area (Å²) in [4.78, 5) is 0. The molecule has 0 aromatic heterocycles. The first-order chi connectivity index (χ1) is 11.3. The molecule has 0 aliphatic rings. The van der Waals surface area contributed by atoms with Gasteiger partial charge in [-0.05, 0) is 47.8 Å². The first-order valence-corrected chi connectivity index (χ1v) is 9.82. The van der Waals surface area contributed by atoms with Crippen LogP contribution in [0.5, 0.6) is 0 Å². The number of hydrogen-bond donors (Lipinski definition) is 1. The second-order valence-electron chi connectivity index (χ2n) is 6.27. The van der Waals surface area contributed by atoms with Gasteiger partial charge < -0.3 is 5.11 Å². The molecule has 23 heavy (non-hydrogen) atoms. The van der Waals surface area contributed by atoms with Crippen LogP contribution in [0.15, 0.2) is 24.3 Å². The van der Waals surface area contributed by atoms with Crippen molar-refractivity contribution in [1.29, 1.82) is 0 Å². The summed E-state index contributed by atoms with van der Waals surface area (Å²) in [5.41, 5.74) is 2.74. The summed E-state index contributed by atoms with van der Waals surface area (Å²) in [7, 11) is -0.784. The van der Waals surface area contributed by atoms with Crippen LogP contribution in [0.2, 0.25) is 0 Å². The molecule has 0 heterocycles. The average molecular weight is 339 g/mol. The predicted molar refractivity (Wildman–Crippen MR) is 97.4 cm³/mol. The van der Waals surface area contributed by atoms with Crippen molar-refractivity contribution >= 4 is 8.69 Å². The topological polar surface area (TPSA) is 46.5 Å². The predicted octanol–water partition coefficient (Wildman–Crippen LogP) is 5.23. The van der Waals surface area contributed by atoms with Gasteiger partial charge in [-0.2, -0.15) is 0 Å². The summed E-state index contributed by atoms with van der Waals surface area (Å²) in [5.74, 6) is 0. The molecule has 1 aromatic carbocycles. The van der Waals surface area contributed by atoms with Crippen molar-refractivity contribution in [3.05, 3.63) is 35.4 Å². The summed E-state index contributed by atoms with van der Waals surface area (Å²) in [6.45, 7) is 2.42. The standard InChI is InChI=1S/C19H32O3P/c1-2-3-4-5-6-7-9-17-12-14-18(15-13-17)10-8-11-19(20)16-22-23-21/h12-15,19-20,23H,2-11,16H2,1H3/q+1. The molecule has 1 rings (SSSR count). The third-order valence-electron chi connectivity index (χ3n) is 4.18. The van der Waals surface area contributed by atoms with E-state index >= 15 is 0 Å². The lowest BCUT2D eigenvalue weighted by Crippen LogP contribution is -2.12. The molecule has 1 aromatic rings. The smallest absolute Gasteiger partial charge is 0.391 e. The molecule has 0 amide bonds. The van der Waals surface area contributed by atoms with E-state index in [1.54, 1.807) is 0 Å². The van der Waals surface area contributed by atoms with Crippen LogP contribution in [0.3, 0.4) is 0 Å². The first kappa shape index (κ1) is 20.3. The lowest BCUT2D eigenvalue weighted by atomic mass is 10.0. The number of benzene rings is 1. The molecule has 0 saturated heterocycles. The minimum absolute atomic E-state index is 0.166. The van der Waals surface area contributed by atoms with Gasteiger partial charge in [-0.15, -0.1) is 4.52 Å². The van der Waals surface area contributed by atoms with Crippen LogP contribution in [0.4, 0.5) is 0 Å². The number of aliphatic hydroxyl groups excluding tert-OH is 1. The zero-order valence-electron chi connectivity index (χ0n) is 14.4. The highest BCUT2D eigenvalue weighted by Gasteiger charge is 2.07. The van der Waals surface area contributed by atoms with E-state index in [2.05, 4.69) is 31.2 Å². The van der Waals surface area contributed by atoms with Gasteiger partial charge in [0.2, 0.25) is 0 Å². The normalized spacial score (nSPS) is 12.6. The number of hydrogen-bond acceptors (Lipinski definition) is 3. The maximum absolute atomic E-state index is 10.2. The Labute approximate surface area is 142 Å². The Morgan fingerprint density at radius 3 is 2.13 bits per heavy atom. The lowest BCUT2D eigenvalue weighted by Gasteiger charge is -2.07. The molecule has 2 unspecified atom stereocenters. The molecular weight excluding hydrogens is 307 g/mol. The molecule has 0 bridgehead atoms. The Kier molecular flexibility index (Phi) is 12.0. The summed E-state index contributed by atoms with van der Waals surface area (Å²) in [6, 6.07) is 8.88. The molecule has 0 aliphatic heterocycles. The van der Waals surface area contributed by atoms with Gasteiger partial charge in [0.25, 0.3) is 0 Å². The van der Waals surface area contributed by atoms with Crippen LogP contribution in [-0.4, -0.2) is 17.8 Å². The van der Waals surface area contributed by atoms with E-state index < -0.39 is 14.8 Å². The van der Waals surface area contributed by atoms with E-state index in [0.717, 1.165) is 12.8 Å². The second-order valence-corrected chi connectivity index (χ2v) is 6.73. The highest BCUT2D eigenvalue weighted by Crippen LogP contribution is 2.13. The van der Waals surface area contributed by atoms with Gasteiger partial charge in [-0.1, -0.05) is 63.3 Å². The van der Waals surface area contributed by atoms with Crippen LogP contribution < -0.4 is 0 Å². The van der Waals surface area contributed by atoms with Crippen molar-refractivity contribution in [3.63, 3.8) is 0 Å². The van der Waals surface area contributed by atoms with Crippen molar-refractivity contribution in [2.24, 2.45) is 0 Å². The molecular formula is C19H32O3P+. The first-order valence-electron chi connectivity index (χ1n) is 9.01. The monoisotopic (exact) mass is 339 g/mol. The largest absolute Gasteiger partial charge is 0.494 e. The second kappa shape index (κ2) is 13.7. The Morgan fingerprint density at radius 2 is 1.52 bits per heavy atom. The van der Waals surface area contributed by atoms with Gasteiger partial charge in [0.15, 0.2) is 0 Å². The highest BCUT2D eigenvalue weighted by atomic mass is 31.1. The fraction of sp³-hybridized carbons (Fsp3) is 0.684. The number of unbranched alkanes of at least 4 members (excludes halogenated alkanes) is 5. The summed E-state index contributed by atoms with van der Waals surface area (Å²) < 4.78 is 14.9. The third kappa shape index (κ3) is 10.6. The van der Waals surface area contributed by atoms with Crippen molar-refractivity contribution < 1.29 is 14.2 Å². The van der Waals surface area contributed by atoms with E-state index in [1.807, 2.05) is 0 Å². The van der Waals surface area contributed by atoms with Crippen LogP contribution in [0.25, 0.3) is 0 Å².